The average molecular weight is 254 g/mol. The Bertz CT molecular complexity index is 217. The second-order valence-corrected chi connectivity index (χ2v) is 5.45. The first kappa shape index (κ1) is 15.5. The highest BCUT2D eigenvalue weighted by Gasteiger charge is 2.15. The van der Waals surface area contributed by atoms with E-state index in [0.717, 1.165) is 25.9 Å². The Hall–Kier alpha value is -0.570. The highest BCUT2D eigenvalue weighted by molar-refractivity contribution is 5.78. The predicted molar refractivity (Wildman–Crippen MR) is 76.7 cm³/mol. The van der Waals surface area contributed by atoms with Crippen LogP contribution in [0.15, 0.2) is 0 Å². The zero-order valence-corrected chi connectivity index (χ0v) is 12.2. The van der Waals surface area contributed by atoms with E-state index in [-0.39, 0.29) is 5.91 Å². The zero-order chi connectivity index (χ0) is 13.2. The number of carbonyl (C=O) groups is 1. The molecule has 0 aliphatic heterocycles. The molecular weight excluding hydrogens is 224 g/mol. The highest BCUT2D eigenvalue weighted by Crippen LogP contribution is 2.16. The van der Waals surface area contributed by atoms with Gasteiger partial charge in [0, 0.05) is 19.1 Å². The zero-order valence-electron chi connectivity index (χ0n) is 12.2. The Morgan fingerprint density at radius 2 is 1.61 bits per heavy atom. The van der Waals surface area contributed by atoms with Crippen LogP contribution in [0.3, 0.4) is 0 Å². The molecule has 0 aromatic carbocycles. The van der Waals surface area contributed by atoms with Gasteiger partial charge in [0.25, 0.3) is 0 Å². The lowest BCUT2D eigenvalue weighted by Crippen LogP contribution is -2.42. The Morgan fingerprint density at radius 3 is 2.11 bits per heavy atom. The molecule has 1 fully saturated rings. The number of carbonyl (C=O) groups excluding carboxylic acids is 1. The van der Waals surface area contributed by atoms with Crippen molar-refractivity contribution in [3.63, 3.8) is 0 Å². The molecule has 0 aromatic rings. The van der Waals surface area contributed by atoms with E-state index in [2.05, 4.69) is 19.2 Å². The summed E-state index contributed by atoms with van der Waals surface area (Å²) in [6.45, 7) is 6.60. The molecule has 1 rings (SSSR count). The van der Waals surface area contributed by atoms with Crippen LogP contribution in [0.2, 0.25) is 0 Å². The van der Waals surface area contributed by atoms with E-state index in [0.29, 0.717) is 12.6 Å². The minimum absolute atomic E-state index is 0.281. The summed E-state index contributed by atoms with van der Waals surface area (Å²) in [5.41, 5.74) is 0. The molecular formula is C15H30N2O. The van der Waals surface area contributed by atoms with Crippen molar-refractivity contribution < 1.29 is 4.79 Å². The molecule has 1 N–H and O–H groups in total. The van der Waals surface area contributed by atoms with Gasteiger partial charge in [-0.1, -0.05) is 39.5 Å². The lowest BCUT2D eigenvalue weighted by atomic mass is 10.1. The molecule has 0 aromatic heterocycles. The van der Waals surface area contributed by atoms with Crippen molar-refractivity contribution in [1.29, 1.82) is 0 Å². The van der Waals surface area contributed by atoms with E-state index in [1.165, 1.54) is 38.5 Å². The molecule has 106 valence electrons. The molecule has 3 heteroatoms. The molecule has 1 amide bonds. The maximum absolute atomic E-state index is 12.1. The monoisotopic (exact) mass is 254 g/mol. The minimum atomic E-state index is 0.281. The second-order valence-electron chi connectivity index (χ2n) is 5.45. The third-order valence-corrected chi connectivity index (χ3v) is 3.74. The van der Waals surface area contributed by atoms with Gasteiger partial charge in [-0.2, -0.15) is 0 Å². The Balaban J connectivity index is 2.28. The van der Waals surface area contributed by atoms with E-state index in [1.54, 1.807) is 0 Å². The van der Waals surface area contributed by atoms with Crippen molar-refractivity contribution in [3.8, 4) is 0 Å². The van der Waals surface area contributed by atoms with Crippen LogP contribution in [0.4, 0.5) is 0 Å². The van der Waals surface area contributed by atoms with Crippen LogP contribution in [-0.4, -0.2) is 36.5 Å². The van der Waals surface area contributed by atoms with Crippen LogP contribution in [-0.2, 0) is 4.79 Å². The molecule has 0 bridgehead atoms. The number of nitrogens with one attached hydrogen (secondary N) is 1. The first-order valence-electron chi connectivity index (χ1n) is 7.79. The Kier molecular flexibility index (Phi) is 8.06. The van der Waals surface area contributed by atoms with Gasteiger partial charge in [0.15, 0.2) is 0 Å². The van der Waals surface area contributed by atoms with Crippen LogP contribution in [0, 0.1) is 0 Å². The normalized spacial score (nSPS) is 17.4. The first-order valence-corrected chi connectivity index (χ1v) is 7.79. The van der Waals surface area contributed by atoms with Gasteiger partial charge >= 0.3 is 0 Å². The molecule has 3 nitrogen and oxygen atoms in total. The fourth-order valence-corrected chi connectivity index (χ4v) is 2.73. The smallest absolute Gasteiger partial charge is 0.236 e. The van der Waals surface area contributed by atoms with Crippen LogP contribution in [0.1, 0.15) is 65.2 Å². The lowest BCUT2D eigenvalue weighted by molar-refractivity contribution is -0.130. The summed E-state index contributed by atoms with van der Waals surface area (Å²) in [5, 5.41) is 3.47. The summed E-state index contributed by atoms with van der Waals surface area (Å²) in [6.07, 6.45) is 9.96. The Labute approximate surface area is 112 Å². The van der Waals surface area contributed by atoms with Crippen molar-refractivity contribution in [2.45, 2.75) is 71.3 Å². The molecule has 0 atom stereocenters. The van der Waals surface area contributed by atoms with E-state index in [9.17, 15) is 4.79 Å². The number of rotatable bonds is 7. The van der Waals surface area contributed by atoms with Gasteiger partial charge in [-0.25, -0.2) is 0 Å². The summed E-state index contributed by atoms with van der Waals surface area (Å²) >= 11 is 0. The maximum atomic E-state index is 12.1. The molecule has 0 heterocycles. The van der Waals surface area contributed by atoms with E-state index in [1.807, 2.05) is 4.90 Å². The fourth-order valence-electron chi connectivity index (χ4n) is 2.73. The van der Waals surface area contributed by atoms with E-state index < -0.39 is 0 Å². The molecule has 1 saturated carbocycles. The van der Waals surface area contributed by atoms with Crippen molar-refractivity contribution in [1.82, 2.24) is 10.2 Å². The summed E-state index contributed by atoms with van der Waals surface area (Å²) in [7, 11) is 0. The number of nitrogens with zero attached hydrogens (tertiary/aromatic N) is 1. The third kappa shape index (κ3) is 5.85. The summed E-state index contributed by atoms with van der Waals surface area (Å²) in [4.78, 5) is 14.1. The predicted octanol–water partition coefficient (Wildman–Crippen LogP) is 2.95. The van der Waals surface area contributed by atoms with Crippen molar-refractivity contribution in [3.05, 3.63) is 0 Å². The molecule has 18 heavy (non-hydrogen) atoms. The van der Waals surface area contributed by atoms with E-state index in [4.69, 9.17) is 0 Å². The molecule has 1 aliphatic carbocycles. The van der Waals surface area contributed by atoms with Gasteiger partial charge in [-0.05, 0) is 25.7 Å². The van der Waals surface area contributed by atoms with Gasteiger partial charge in [-0.3, -0.25) is 4.79 Å². The van der Waals surface area contributed by atoms with Gasteiger partial charge < -0.3 is 10.2 Å². The molecule has 1 aliphatic rings. The summed E-state index contributed by atoms with van der Waals surface area (Å²) in [6, 6.07) is 0.571. The quantitative estimate of drug-likeness (QED) is 0.708. The van der Waals surface area contributed by atoms with Gasteiger partial charge in [0.2, 0.25) is 5.91 Å². The van der Waals surface area contributed by atoms with Crippen LogP contribution in [0.5, 0.6) is 0 Å². The standard InChI is InChI=1S/C15H30N2O/c1-3-11-17(12-4-2)15(18)13-16-14-9-7-5-6-8-10-14/h14,16H,3-13H2,1-2H3. The number of amides is 1. The topological polar surface area (TPSA) is 32.3 Å². The van der Waals surface area contributed by atoms with Crippen LogP contribution in [0.25, 0.3) is 0 Å². The fraction of sp³-hybridized carbons (Fsp3) is 0.933. The lowest BCUT2D eigenvalue weighted by Gasteiger charge is -2.23. The molecule has 0 saturated heterocycles. The van der Waals surface area contributed by atoms with Crippen LogP contribution < -0.4 is 5.32 Å². The van der Waals surface area contributed by atoms with Crippen LogP contribution >= 0.6 is 0 Å². The average Bonchev–Trinajstić information content (AvgIpc) is 2.64. The largest absolute Gasteiger partial charge is 0.342 e. The van der Waals surface area contributed by atoms with Gasteiger partial charge in [-0.15, -0.1) is 0 Å². The first-order chi connectivity index (χ1) is 8.77. The molecule has 0 spiro atoms. The summed E-state index contributed by atoms with van der Waals surface area (Å²) < 4.78 is 0. The van der Waals surface area contributed by atoms with Gasteiger partial charge in [0.1, 0.15) is 0 Å². The SMILES string of the molecule is CCCN(CCC)C(=O)CNC1CCCCCC1. The highest BCUT2D eigenvalue weighted by atomic mass is 16.2. The third-order valence-electron chi connectivity index (χ3n) is 3.74. The second kappa shape index (κ2) is 9.37. The maximum Gasteiger partial charge on any atom is 0.236 e. The minimum Gasteiger partial charge on any atom is -0.342 e. The number of hydrogen-bond acceptors (Lipinski definition) is 2. The van der Waals surface area contributed by atoms with Gasteiger partial charge in [0.05, 0.1) is 6.54 Å². The number of hydrogen-bond donors (Lipinski definition) is 1. The van der Waals surface area contributed by atoms with Crippen molar-refractivity contribution in [2.75, 3.05) is 19.6 Å². The molecule has 0 unspecified atom stereocenters. The molecule has 0 radical (unpaired) electrons. The van der Waals surface area contributed by atoms with Crippen molar-refractivity contribution >= 4 is 5.91 Å². The summed E-state index contributed by atoms with van der Waals surface area (Å²) in [5.74, 6) is 0.281. The van der Waals surface area contributed by atoms with Crippen molar-refractivity contribution in [2.24, 2.45) is 0 Å². The van der Waals surface area contributed by atoms with E-state index >= 15 is 0 Å². The Morgan fingerprint density at radius 1 is 1.06 bits per heavy atom.